The zero-order valence-electron chi connectivity index (χ0n) is 33.8. The Morgan fingerprint density at radius 1 is 0.533 bits per heavy atom. The van der Waals surface area contributed by atoms with Crippen LogP contribution in [-0.4, -0.2) is 9.97 Å². The predicted molar refractivity (Wildman–Crippen MR) is 252 cm³/mol. The average Bonchev–Trinajstić information content (AvgIpc) is 3.97. The Bertz CT molecular complexity index is 3350. The molecule has 284 valence electrons. The fourth-order valence-electron chi connectivity index (χ4n) is 10.9. The number of allylic oxidation sites excluding steroid dienone is 5. The third kappa shape index (κ3) is 4.64. The van der Waals surface area contributed by atoms with Crippen molar-refractivity contribution in [1.29, 1.82) is 0 Å². The first-order valence-corrected chi connectivity index (χ1v) is 21.6. The first kappa shape index (κ1) is 35.0. The molecule has 0 N–H and O–H groups in total. The van der Waals surface area contributed by atoms with Crippen molar-refractivity contribution in [3.8, 4) is 56.2 Å². The molecule has 1 spiro atoms. The second kappa shape index (κ2) is 12.8. The Balaban J connectivity index is 1.14. The van der Waals surface area contributed by atoms with Gasteiger partial charge in [0.15, 0.2) is 5.82 Å². The van der Waals surface area contributed by atoms with Crippen molar-refractivity contribution in [2.45, 2.75) is 31.6 Å². The zero-order valence-corrected chi connectivity index (χ0v) is 34.6. The van der Waals surface area contributed by atoms with Gasteiger partial charge < -0.3 is 0 Å². The summed E-state index contributed by atoms with van der Waals surface area (Å²) in [6.45, 7) is 11.0. The quantitative estimate of drug-likeness (QED) is 0.162. The lowest BCUT2D eigenvalue weighted by Crippen LogP contribution is -2.26. The van der Waals surface area contributed by atoms with Gasteiger partial charge in [-0.25, -0.2) is 9.97 Å². The van der Waals surface area contributed by atoms with Crippen LogP contribution in [0.3, 0.4) is 0 Å². The largest absolute Gasteiger partial charge is 0.228 e. The molecule has 0 saturated carbocycles. The predicted octanol–water partition coefficient (Wildman–Crippen LogP) is 15.0. The van der Waals surface area contributed by atoms with Gasteiger partial charge in [0.25, 0.3) is 0 Å². The van der Waals surface area contributed by atoms with Gasteiger partial charge in [-0.1, -0.05) is 178 Å². The van der Waals surface area contributed by atoms with E-state index >= 15 is 0 Å². The van der Waals surface area contributed by atoms with Crippen molar-refractivity contribution in [2.24, 2.45) is 0 Å². The zero-order chi connectivity index (χ0) is 40.3. The summed E-state index contributed by atoms with van der Waals surface area (Å²) in [5, 5.41) is 2.53. The molecule has 0 fully saturated rings. The molecule has 7 aromatic carbocycles. The molecule has 0 saturated heterocycles. The van der Waals surface area contributed by atoms with Gasteiger partial charge in [-0.05, 0) is 91.9 Å². The lowest BCUT2D eigenvalue weighted by molar-refractivity contribution is 0.660. The van der Waals surface area contributed by atoms with E-state index in [1.54, 1.807) is 0 Å². The molecule has 3 heteroatoms. The van der Waals surface area contributed by atoms with Crippen LogP contribution in [0, 0.1) is 0 Å². The summed E-state index contributed by atoms with van der Waals surface area (Å²) < 4.78 is 2.52. The SMILES string of the molecule is C=C/C=C\C1=C(C)c2ccc(-c3nc(-c4cccc5c4-c4ccccc4C5(C)C)cc(-c4cccc5c4sc4ccccc45)n3)cc2C12c1ccccc1-c1ccccc12. The Morgan fingerprint density at radius 2 is 1.13 bits per heavy atom. The number of rotatable bonds is 5. The molecule has 0 radical (unpaired) electrons. The molecular weight excluding hydrogens is 745 g/mol. The van der Waals surface area contributed by atoms with Crippen LogP contribution in [0.5, 0.6) is 0 Å². The van der Waals surface area contributed by atoms with E-state index in [0.29, 0.717) is 5.82 Å². The van der Waals surface area contributed by atoms with Crippen LogP contribution in [0.15, 0.2) is 188 Å². The minimum atomic E-state index is -0.499. The molecule has 0 amide bonds. The smallest absolute Gasteiger partial charge is 0.160 e. The minimum absolute atomic E-state index is 0.131. The maximum absolute atomic E-state index is 5.59. The van der Waals surface area contributed by atoms with Gasteiger partial charge in [0.2, 0.25) is 0 Å². The van der Waals surface area contributed by atoms with E-state index < -0.39 is 5.41 Å². The monoisotopic (exact) mass is 784 g/mol. The minimum Gasteiger partial charge on any atom is -0.228 e. The van der Waals surface area contributed by atoms with Gasteiger partial charge in [-0.2, -0.15) is 0 Å². The number of hydrogen-bond donors (Lipinski definition) is 0. The van der Waals surface area contributed by atoms with E-state index in [4.69, 9.17) is 9.97 Å². The van der Waals surface area contributed by atoms with Crippen LogP contribution in [0.2, 0.25) is 0 Å². The molecule has 2 heterocycles. The highest BCUT2D eigenvalue weighted by atomic mass is 32.1. The Hall–Kier alpha value is -6.94. The maximum atomic E-state index is 5.59. The van der Waals surface area contributed by atoms with Gasteiger partial charge in [0.05, 0.1) is 16.8 Å². The lowest BCUT2D eigenvalue weighted by Gasteiger charge is -2.32. The number of aromatic nitrogens is 2. The van der Waals surface area contributed by atoms with Crippen LogP contribution in [0.1, 0.15) is 54.2 Å². The van der Waals surface area contributed by atoms with Crippen molar-refractivity contribution in [3.05, 3.63) is 221 Å². The molecule has 3 aliphatic rings. The first-order valence-electron chi connectivity index (χ1n) is 20.8. The lowest BCUT2D eigenvalue weighted by atomic mass is 9.69. The summed E-state index contributed by atoms with van der Waals surface area (Å²) in [5.74, 6) is 0.717. The van der Waals surface area contributed by atoms with E-state index in [9.17, 15) is 0 Å². The van der Waals surface area contributed by atoms with Crippen molar-refractivity contribution >= 4 is 37.1 Å². The highest BCUT2D eigenvalue weighted by molar-refractivity contribution is 7.26. The fourth-order valence-corrected chi connectivity index (χ4v) is 12.1. The second-order valence-corrected chi connectivity index (χ2v) is 17.9. The van der Waals surface area contributed by atoms with Gasteiger partial charge in [-0.15, -0.1) is 11.3 Å². The molecule has 0 atom stereocenters. The molecule has 0 bridgehead atoms. The van der Waals surface area contributed by atoms with Crippen molar-refractivity contribution in [3.63, 3.8) is 0 Å². The van der Waals surface area contributed by atoms with Gasteiger partial charge in [0.1, 0.15) is 0 Å². The molecule has 60 heavy (non-hydrogen) atoms. The topological polar surface area (TPSA) is 25.8 Å². The number of benzene rings is 7. The number of thiophene rings is 1. The van der Waals surface area contributed by atoms with Crippen LogP contribution >= 0.6 is 11.3 Å². The molecule has 2 nitrogen and oxygen atoms in total. The fraction of sp³-hybridized carbons (Fsp3) is 0.0877. The standard InChI is InChI=1S/C57H40N2S/c1-5-6-24-44-34(2)36-31-30-35(32-49(36)57(44)46-26-12-7-17-37(46)38-18-8-13-27-47(38)57)55-58-50(42-22-16-28-48-53(42)41-20-9-11-25-45(41)56(48,3)4)33-51(59-55)43-23-15-21-40-39-19-10-14-29-52(39)60-54(40)43/h5-33H,1H2,2-4H3/b24-6-. The van der Waals surface area contributed by atoms with Crippen molar-refractivity contribution in [2.75, 3.05) is 0 Å². The van der Waals surface area contributed by atoms with E-state index in [1.165, 1.54) is 87.0 Å². The Kier molecular flexibility index (Phi) is 7.46. The Labute approximate surface area is 354 Å². The van der Waals surface area contributed by atoms with Crippen LogP contribution in [-0.2, 0) is 10.8 Å². The highest BCUT2D eigenvalue weighted by Crippen LogP contribution is 2.62. The summed E-state index contributed by atoms with van der Waals surface area (Å²) in [5.41, 5.74) is 19.9. The summed E-state index contributed by atoms with van der Waals surface area (Å²) >= 11 is 1.84. The van der Waals surface area contributed by atoms with Gasteiger partial charge >= 0.3 is 0 Å². The normalized spacial score (nSPS) is 15.1. The number of nitrogens with zero attached hydrogens (tertiary/aromatic N) is 2. The van der Waals surface area contributed by atoms with Crippen LogP contribution in [0.4, 0.5) is 0 Å². The molecule has 9 aromatic rings. The van der Waals surface area contributed by atoms with Crippen molar-refractivity contribution in [1.82, 2.24) is 9.97 Å². The maximum Gasteiger partial charge on any atom is 0.160 e. The number of hydrogen-bond acceptors (Lipinski definition) is 3. The summed E-state index contributed by atoms with van der Waals surface area (Å²) in [4.78, 5) is 11.1. The molecule has 2 aromatic heterocycles. The summed E-state index contributed by atoms with van der Waals surface area (Å²) in [6.07, 6.45) is 6.24. The van der Waals surface area contributed by atoms with Gasteiger partial charge in [-0.3, -0.25) is 0 Å². The van der Waals surface area contributed by atoms with Crippen LogP contribution in [0.25, 0.3) is 81.9 Å². The third-order valence-electron chi connectivity index (χ3n) is 13.5. The van der Waals surface area contributed by atoms with Crippen molar-refractivity contribution < 1.29 is 0 Å². The summed E-state index contributed by atoms with van der Waals surface area (Å²) in [6, 6.07) is 58.1. The third-order valence-corrected chi connectivity index (χ3v) is 14.8. The Morgan fingerprint density at radius 3 is 1.90 bits per heavy atom. The van der Waals surface area contributed by atoms with E-state index in [-0.39, 0.29) is 5.41 Å². The molecular formula is C57H40N2S. The number of fused-ring (bicyclic) bond motifs is 13. The van der Waals surface area contributed by atoms with E-state index in [2.05, 4.69) is 197 Å². The average molecular weight is 785 g/mol. The van der Waals surface area contributed by atoms with Gasteiger partial charge in [0, 0.05) is 42.3 Å². The first-order chi connectivity index (χ1) is 29.4. The van der Waals surface area contributed by atoms with Crippen LogP contribution < -0.4 is 0 Å². The summed E-state index contributed by atoms with van der Waals surface area (Å²) in [7, 11) is 0. The highest BCUT2D eigenvalue weighted by Gasteiger charge is 2.51. The molecule has 0 aliphatic heterocycles. The molecule has 12 rings (SSSR count). The second-order valence-electron chi connectivity index (χ2n) is 16.9. The molecule has 0 unspecified atom stereocenters. The molecule has 3 aliphatic carbocycles. The van der Waals surface area contributed by atoms with E-state index in [0.717, 1.165) is 28.1 Å². The van der Waals surface area contributed by atoms with E-state index in [1.807, 2.05) is 17.4 Å².